The predicted octanol–water partition coefficient (Wildman–Crippen LogP) is 4.98. The van der Waals surface area contributed by atoms with E-state index < -0.39 is 0 Å². The van der Waals surface area contributed by atoms with Crippen molar-refractivity contribution in [2.24, 2.45) is 23.7 Å². The highest BCUT2D eigenvalue weighted by Crippen LogP contribution is 2.60. The number of likely N-dealkylation sites (tertiary alicyclic amines) is 1. The molecular formula is C35H33N9O2. The number of imidazole rings is 1. The third-order valence-electron chi connectivity index (χ3n) is 10.8. The number of ether oxygens (including phenoxy) is 1. The highest BCUT2D eigenvalue weighted by molar-refractivity contribution is 6.00. The van der Waals surface area contributed by atoms with Gasteiger partial charge in [-0.05, 0) is 85.8 Å². The van der Waals surface area contributed by atoms with E-state index in [1.165, 1.54) is 19.3 Å². The molecule has 5 aromatic heterocycles. The van der Waals surface area contributed by atoms with Crippen molar-refractivity contribution in [1.29, 1.82) is 0 Å². The molecular weight excluding hydrogens is 578 g/mol. The zero-order valence-electron chi connectivity index (χ0n) is 25.5. The quantitative estimate of drug-likeness (QED) is 0.239. The molecule has 0 spiro atoms. The molecule has 1 saturated heterocycles. The van der Waals surface area contributed by atoms with Gasteiger partial charge in [-0.25, -0.2) is 24.6 Å². The van der Waals surface area contributed by atoms with Gasteiger partial charge in [0.2, 0.25) is 5.95 Å². The molecule has 4 fully saturated rings. The number of methoxy groups -OCH3 is 1. The van der Waals surface area contributed by atoms with E-state index in [1.54, 1.807) is 30.3 Å². The van der Waals surface area contributed by atoms with Crippen LogP contribution in [-0.4, -0.2) is 69.4 Å². The van der Waals surface area contributed by atoms with Gasteiger partial charge in [-0.2, -0.15) is 5.10 Å². The van der Waals surface area contributed by atoms with Gasteiger partial charge in [0.15, 0.2) is 5.82 Å². The second-order valence-corrected chi connectivity index (χ2v) is 13.5. The Hall–Kier alpha value is -5.06. The summed E-state index contributed by atoms with van der Waals surface area (Å²) in [5, 5.41) is 5.64. The fourth-order valence-electron chi connectivity index (χ4n) is 8.38. The van der Waals surface area contributed by atoms with Crippen molar-refractivity contribution in [3.8, 4) is 23.2 Å². The van der Waals surface area contributed by atoms with Gasteiger partial charge in [0.1, 0.15) is 16.9 Å². The molecule has 0 bridgehead atoms. The van der Waals surface area contributed by atoms with E-state index >= 15 is 0 Å². The molecule has 3 aliphatic carbocycles. The molecule has 3 unspecified atom stereocenters. The highest BCUT2D eigenvalue weighted by atomic mass is 16.5. The van der Waals surface area contributed by atoms with E-state index in [2.05, 4.69) is 41.2 Å². The van der Waals surface area contributed by atoms with E-state index in [0.717, 1.165) is 64.6 Å². The lowest BCUT2D eigenvalue weighted by Crippen LogP contribution is -2.53. The maximum absolute atomic E-state index is 14.0. The van der Waals surface area contributed by atoms with Crippen LogP contribution in [0.15, 0.2) is 67.4 Å². The van der Waals surface area contributed by atoms with E-state index in [9.17, 15) is 4.79 Å². The fourth-order valence-corrected chi connectivity index (χ4v) is 8.38. The van der Waals surface area contributed by atoms with Crippen LogP contribution in [0.3, 0.4) is 0 Å². The van der Waals surface area contributed by atoms with Crippen molar-refractivity contribution >= 4 is 28.0 Å². The van der Waals surface area contributed by atoms with Gasteiger partial charge in [-0.3, -0.25) is 4.79 Å². The number of nitrogens with zero attached hydrogens (tertiary/aromatic N) is 9. The molecule has 3 saturated carbocycles. The summed E-state index contributed by atoms with van der Waals surface area (Å²) in [6.45, 7) is 2.25. The van der Waals surface area contributed by atoms with Crippen LogP contribution >= 0.6 is 0 Å². The summed E-state index contributed by atoms with van der Waals surface area (Å²) in [5.41, 5.74) is 5.15. The van der Waals surface area contributed by atoms with Crippen LogP contribution in [0.5, 0.6) is 5.75 Å². The van der Waals surface area contributed by atoms with Gasteiger partial charge in [-0.1, -0.05) is 0 Å². The Morgan fingerprint density at radius 2 is 1.87 bits per heavy atom. The molecule has 4 atom stereocenters. The van der Waals surface area contributed by atoms with Crippen molar-refractivity contribution in [3.05, 3.63) is 78.5 Å². The van der Waals surface area contributed by atoms with Crippen molar-refractivity contribution in [1.82, 2.24) is 43.8 Å². The smallest absolute Gasteiger partial charge is 0.254 e. The Morgan fingerprint density at radius 1 is 1.00 bits per heavy atom. The maximum Gasteiger partial charge on any atom is 0.254 e. The Labute approximate surface area is 264 Å². The van der Waals surface area contributed by atoms with E-state index in [4.69, 9.17) is 14.7 Å². The van der Waals surface area contributed by atoms with E-state index in [-0.39, 0.29) is 5.91 Å². The van der Waals surface area contributed by atoms with Gasteiger partial charge in [0, 0.05) is 60.4 Å². The Kier molecular flexibility index (Phi) is 5.53. The standard InChI is InChI=1S/C35H33N9O2/c1-46-29-14-24(34(45)42-19-25-10-23-13-27(42)30(23)25)11-26-31(29)43(17-21-15-39-44(18-21)35-37-8-3-9-38-35)33(40-26)28-12-22-4-2-7-36-32(22)41(28)16-20-5-6-20/h2-4,7-9,11-12,14-15,18,20,23,25,27,30H,5-6,10,13,16-17,19H2,1H3/t23?,25?,27?,30-/m1/s1. The van der Waals surface area contributed by atoms with Gasteiger partial charge >= 0.3 is 0 Å². The molecule has 0 N–H and O–H groups in total. The SMILES string of the molecule is COc1cc(C(=O)N2CC3CC4CC2[C@H]43)cc2nc(-c3cc4cccnc4n3CC3CC3)n(Cc3cnn(-c4ncccn4)c3)c12. The van der Waals surface area contributed by atoms with Gasteiger partial charge < -0.3 is 18.8 Å². The molecule has 10 rings (SSSR count). The van der Waals surface area contributed by atoms with E-state index in [1.807, 2.05) is 36.8 Å². The lowest BCUT2D eigenvalue weighted by Gasteiger charge is -2.52. The molecule has 0 radical (unpaired) electrons. The van der Waals surface area contributed by atoms with Crippen molar-refractivity contribution in [3.63, 3.8) is 0 Å². The summed E-state index contributed by atoms with van der Waals surface area (Å²) in [6.07, 6.45) is 13.9. The Bertz CT molecular complexity index is 2160. The average molecular weight is 612 g/mol. The van der Waals surface area contributed by atoms with Crippen LogP contribution in [-0.2, 0) is 13.1 Å². The van der Waals surface area contributed by atoms with Gasteiger partial charge in [-0.15, -0.1) is 0 Å². The monoisotopic (exact) mass is 611 g/mol. The number of hydrogen-bond acceptors (Lipinski definition) is 7. The number of fused-ring (bicyclic) bond motifs is 2. The summed E-state index contributed by atoms with van der Waals surface area (Å²) in [6, 6.07) is 12.3. The lowest BCUT2D eigenvalue weighted by atomic mass is 9.53. The number of amides is 1. The minimum atomic E-state index is 0.0883. The summed E-state index contributed by atoms with van der Waals surface area (Å²) in [4.78, 5) is 34.9. The van der Waals surface area contributed by atoms with E-state index in [0.29, 0.717) is 47.6 Å². The Morgan fingerprint density at radius 3 is 2.67 bits per heavy atom. The maximum atomic E-state index is 14.0. The first-order valence-electron chi connectivity index (χ1n) is 16.3. The predicted molar refractivity (Wildman–Crippen MR) is 171 cm³/mol. The Balaban J connectivity index is 1.13. The summed E-state index contributed by atoms with van der Waals surface area (Å²) in [5.74, 6) is 4.89. The molecule has 11 nitrogen and oxygen atoms in total. The van der Waals surface area contributed by atoms with Crippen molar-refractivity contribution < 1.29 is 9.53 Å². The summed E-state index contributed by atoms with van der Waals surface area (Å²) < 4.78 is 12.2. The lowest BCUT2D eigenvalue weighted by molar-refractivity contribution is -0.0204. The number of pyridine rings is 1. The second kappa shape index (κ2) is 9.72. The van der Waals surface area contributed by atoms with Crippen LogP contribution in [0.4, 0.5) is 0 Å². The topological polar surface area (TPSA) is 109 Å². The minimum absolute atomic E-state index is 0.0883. The molecule has 6 aromatic rings. The number of benzene rings is 1. The fraction of sp³-hybridized carbons (Fsp3) is 0.371. The van der Waals surface area contributed by atoms with Crippen molar-refractivity contribution in [2.45, 2.75) is 44.8 Å². The van der Waals surface area contributed by atoms with Gasteiger partial charge in [0.25, 0.3) is 5.91 Å². The number of rotatable bonds is 8. The first-order valence-corrected chi connectivity index (χ1v) is 16.3. The van der Waals surface area contributed by atoms with Crippen LogP contribution in [0, 0.1) is 23.7 Å². The highest BCUT2D eigenvalue weighted by Gasteiger charge is 2.61. The first kappa shape index (κ1) is 26.2. The third-order valence-corrected chi connectivity index (χ3v) is 10.8. The van der Waals surface area contributed by atoms with Gasteiger partial charge in [0.05, 0.1) is 31.1 Å². The molecule has 1 aromatic carbocycles. The molecule has 1 aliphatic heterocycles. The van der Waals surface area contributed by atoms with Crippen LogP contribution in [0.25, 0.3) is 39.5 Å². The first-order chi connectivity index (χ1) is 22.6. The summed E-state index contributed by atoms with van der Waals surface area (Å²) >= 11 is 0. The van der Waals surface area contributed by atoms with Crippen molar-refractivity contribution in [2.75, 3.05) is 13.7 Å². The zero-order valence-corrected chi connectivity index (χ0v) is 25.5. The normalized spacial score (nSPS) is 23.0. The number of carbonyl (C=O) groups is 1. The van der Waals surface area contributed by atoms with Crippen LogP contribution < -0.4 is 4.74 Å². The number of hydrogen-bond donors (Lipinski definition) is 0. The molecule has 1 amide bonds. The third kappa shape index (κ3) is 3.90. The number of aromatic nitrogens is 8. The molecule has 11 heteroatoms. The largest absolute Gasteiger partial charge is 0.494 e. The summed E-state index contributed by atoms with van der Waals surface area (Å²) in [7, 11) is 1.67. The number of carbonyl (C=O) groups excluding carboxylic acids is 1. The second-order valence-electron chi connectivity index (χ2n) is 13.5. The molecule has 4 aliphatic rings. The minimum Gasteiger partial charge on any atom is -0.494 e. The van der Waals surface area contributed by atoms with Crippen LogP contribution in [0.1, 0.15) is 41.6 Å². The molecule has 6 heterocycles. The van der Waals surface area contributed by atoms with Crippen LogP contribution in [0.2, 0.25) is 0 Å². The average Bonchev–Trinajstić information content (AvgIpc) is 3.47. The zero-order chi connectivity index (χ0) is 30.5. The molecule has 230 valence electrons. The molecule has 46 heavy (non-hydrogen) atoms.